The molecule has 3 rings (SSSR count). The minimum atomic E-state index is -1.68. The zero-order chi connectivity index (χ0) is 16.4. The van der Waals surface area contributed by atoms with Crippen LogP contribution in [0.4, 0.5) is 0 Å². The number of ether oxygens (including phenoxy) is 1. The van der Waals surface area contributed by atoms with E-state index < -0.39 is 7.12 Å². The van der Waals surface area contributed by atoms with Crippen LogP contribution < -0.4 is 15.8 Å². The average molecular weight is 310 g/mol. The predicted octanol–water partition coefficient (Wildman–Crippen LogP) is 0.669. The molecule has 0 fully saturated rings. The molecule has 0 aliphatic rings. The van der Waals surface area contributed by atoms with Crippen LogP contribution in [-0.4, -0.2) is 33.7 Å². The van der Waals surface area contributed by atoms with E-state index in [0.29, 0.717) is 34.6 Å². The number of rotatable bonds is 4. The molecule has 7 heteroatoms. The molecule has 0 bridgehead atoms. The number of hydrogen-bond acceptors (Lipinski definition) is 5. The lowest BCUT2D eigenvalue weighted by Gasteiger charge is -2.11. The van der Waals surface area contributed by atoms with Crippen molar-refractivity contribution in [3.05, 3.63) is 52.8 Å². The monoisotopic (exact) mass is 310 g/mol. The first-order valence-corrected chi connectivity index (χ1v) is 7.22. The first-order valence-electron chi connectivity index (χ1n) is 7.22. The second-order valence-corrected chi connectivity index (χ2v) is 4.99. The van der Waals surface area contributed by atoms with Gasteiger partial charge in [-0.15, -0.1) is 0 Å². The van der Waals surface area contributed by atoms with E-state index in [2.05, 4.69) is 9.97 Å². The van der Waals surface area contributed by atoms with Crippen LogP contribution in [0.2, 0.25) is 0 Å². The third-order valence-corrected chi connectivity index (χ3v) is 3.47. The lowest BCUT2D eigenvalue weighted by Crippen LogP contribution is -2.31. The van der Waals surface area contributed by atoms with Crippen molar-refractivity contribution in [2.75, 3.05) is 6.61 Å². The normalized spacial score (nSPS) is 10.7. The molecular formula is C16H15BN2O4. The Morgan fingerprint density at radius 2 is 2.00 bits per heavy atom. The largest absolute Gasteiger partial charge is 0.494 e. The van der Waals surface area contributed by atoms with Gasteiger partial charge in [-0.05, 0) is 37.3 Å². The standard InChI is InChI=1S/C16H15BN2O4/c1-2-23-14-8-7-10(9-12(14)17(21)22)15-18-13-6-4-3-5-11(13)16(20)19-15/h3-9,21-22H,2H2,1H3,(H,18,19,20). The third-order valence-electron chi connectivity index (χ3n) is 3.47. The fourth-order valence-electron chi connectivity index (χ4n) is 2.41. The van der Waals surface area contributed by atoms with Crippen molar-refractivity contribution >= 4 is 23.5 Å². The van der Waals surface area contributed by atoms with Gasteiger partial charge in [-0.25, -0.2) is 4.98 Å². The molecule has 0 saturated heterocycles. The Bertz CT molecular complexity index is 908. The Labute approximate surface area is 132 Å². The van der Waals surface area contributed by atoms with Crippen molar-refractivity contribution < 1.29 is 14.8 Å². The maximum atomic E-state index is 12.1. The molecule has 6 nitrogen and oxygen atoms in total. The topological polar surface area (TPSA) is 95.4 Å². The van der Waals surface area contributed by atoms with Gasteiger partial charge in [-0.3, -0.25) is 4.79 Å². The SMILES string of the molecule is CCOc1ccc(-c2nc3ccccc3c(=O)[nH]2)cc1B(O)O. The molecule has 116 valence electrons. The summed E-state index contributed by atoms with van der Waals surface area (Å²) in [6, 6.07) is 11.9. The van der Waals surface area contributed by atoms with Gasteiger partial charge in [0, 0.05) is 11.0 Å². The number of aromatic amines is 1. The first kappa shape index (κ1) is 15.3. The van der Waals surface area contributed by atoms with E-state index in [9.17, 15) is 14.8 Å². The summed E-state index contributed by atoms with van der Waals surface area (Å²) < 4.78 is 5.37. The quantitative estimate of drug-likeness (QED) is 0.616. The zero-order valence-corrected chi connectivity index (χ0v) is 12.5. The number of H-pyrrole nitrogens is 1. The number of hydrogen-bond donors (Lipinski definition) is 3. The van der Waals surface area contributed by atoms with E-state index in [4.69, 9.17) is 4.74 Å². The average Bonchev–Trinajstić information content (AvgIpc) is 2.55. The predicted molar refractivity (Wildman–Crippen MR) is 88.8 cm³/mol. The molecular weight excluding hydrogens is 295 g/mol. The van der Waals surface area contributed by atoms with Crippen molar-refractivity contribution in [2.45, 2.75) is 6.92 Å². The molecule has 23 heavy (non-hydrogen) atoms. The molecule has 1 aromatic heterocycles. The molecule has 0 radical (unpaired) electrons. The molecule has 3 N–H and O–H groups in total. The van der Waals surface area contributed by atoms with Crippen LogP contribution in [0.3, 0.4) is 0 Å². The Kier molecular flexibility index (Phi) is 4.14. The van der Waals surface area contributed by atoms with Crippen LogP contribution in [0, 0.1) is 0 Å². The van der Waals surface area contributed by atoms with Crippen LogP contribution in [0.5, 0.6) is 5.75 Å². The Morgan fingerprint density at radius 1 is 1.22 bits per heavy atom. The number of fused-ring (bicyclic) bond motifs is 1. The Balaban J connectivity index is 2.15. The van der Waals surface area contributed by atoms with Gasteiger partial charge in [0.15, 0.2) is 0 Å². The number of nitrogens with zero attached hydrogens (tertiary/aromatic N) is 1. The fraction of sp³-hybridized carbons (Fsp3) is 0.125. The van der Waals surface area contributed by atoms with Gasteiger partial charge in [-0.2, -0.15) is 0 Å². The number of para-hydroxylation sites is 1. The van der Waals surface area contributed by atoms with Crippen LogP contribution in [0.1, 0.15) is 6.92 Å². The Morgan fingerprint density at radius 3 is 2.74 bits per heavy atom. The van der Waals surface area contributed by atoms with E-state index in [0.717, 1.165) is 0 Å². The number of nitrogens with one attached hydrogen (secondary N) is 1. The highest BCUT2D eigenvalue weighted by Crippen LogP contribution is 2.19. The number of aromatic nitrogens is 2. The van der Waals surface area contributed by atoms with Crippen molar-refractivity contribution in [2.24, 2.45) is 0 Å². The summed E-state index contributed by atoms with van der Waals surface area (Å²) in [7, 11) is -1.68. The third kappa shape index (κ3) is 2.97. The Hall–Kier alpha value is -2.64. The second-order valence-electron chi connectivity index (χ2n) is 4.99. The highest BCUT2D eigenvalue weighted by Gasteiger charge is 2.19. The van der Waals surface area contributed by atoms with Gasteiger partial charge in [0.2, 0.25) is 0 Å². The smallest absolute Gasteiger partial charge is 0.492 e. The molecule has 0 atom stereocenters. The molecule has 0 aliphatic carbocycles. The van der Waals surface area contributed by atoms with Gasteiger partial charge >= 0.3 is 7.12 Å². The highest BCUT2D eigenvalue weighted by atomic mass is 16.5. The van der Waals surface area contributed by atoms with Crippen LogP contribution >= 0.6 is 0 Å². The zero-order valence-electron chi connectivity index (χ0n) is 12.5. The van der Waals surface area contributed by atoms with Crippen molar-refractivity contribution in [1.82, 2.24) is 9.97 Å². The molecule has 0 saturated carbocycles. The summed E-state index contributed by atoms with van der Waals surface area (Å²) in [5.41, 5.74) is 1.12. The molecule has 0 aliphatic heterocycles. The van der Waals surface area contributed by atoms with Gasteiger partial charge in [-0.1, -0.05) is 12.1 Å². The van der Waals surface area contributed by atoms with E-state index in [1.54, 1.807) is 42.5 Å². The summed E-state index contributed by atoms with van der Waals surface area (Å²) in [5, 5.41) is 19.5. The van der Waals surface area contributed by atoms with Gasteiger partial charge in [0.05, 0.1) is 17.5 Å². The second kappa shape index (κ2) is 6.24. The van der Waals surface area contributed by atoms with Crippen molar-refractivity contribution in [1.29, 1.82) is 0 Å². The lowest BCUT2D eigenvalue weighted by atomic mass is 9.78. The maximum absolute atomic E-state index is 12.1. The summed E-state index contributed by atoms with van der Waals surface area (Å²) in [4.78, 5) is 19.3. The minimum Gasteiger partial charge on any atom is -0.494 e. The van der Waals surface area contributed by atoms with Gasteiger partial charge < -0.3 is 19.8 Å². The van der Waals surface area contributed by atoms with Crippen molar-refractivity contribution in [3.63, 3.8) is 0 Å². The van der Waals surface area contributed by atoms with E-state index in [-0.39, 0.29) is 11.0 Å². The van der Waals surface area contributed by atoms with Crippen molar-refractivity contribution in [3.8, 4) is 17.1 Å². The highest BCUT2D eigenvalue weighted by molar-refractivity contribution is 6.59. The summed E-state index contributed by atoms with van der Waals surface area (Å²) in [6.07, 6.45) is 0. The van der Waals surface area contributed by atoms with E-state index in [1.807, 2.05) is 6.92 Å². The van der Waals surface area contributed by atoms with Crippen LogP contribution in [0.15, 0.2) is 47.3 Å². The summed E-state index contributed by atoms with van der Waals surface area (Å²) in [6.45, 7) is 2.22. The van der Waals surface area contributed by atoms with Crippen LogP contribution in [0.25, 0.3) is 22.3 Å². The first-order chi connectivity index (χ1) is 11.1. The number of benzene rings is 2. The molecule has 1 heterocycles. The summed E-state index contributed by atoms with van der Waals surface area (Å²) >= 11 is 0. The van der Waals surface area contributed by atoms with E-state index in [1.165, 1.54) is 0 Å². The summed E-state index contributed by atoms with van der Waals surface area (Å²) in [5.74, 6) is 0.744. The molecule has 2 aromatic carbocycles. The molecule has 0 amide bonds. The minimum absolute atomic E-state index is 0.222. The molecule has 0 spiro atoms. The molecule has 0 unspecified atom stereocenters. The van der Waals surface area contributed by atoms with Gasteiger partial charge in [0.1, 0.15) is 11.6 Å². The van der Waals surface area contributed by atoms with Gasteiger partial charge in [0.25, 0.3) is 5.56 Å². The lowest BCUT2D eigenvalue weighted by molar-refractivity contribution is 0.340. The van der Waals surface area contributed by atoms with Crippen LogP contribution in [-0.2, 0) is 0 Å². The fourth-order valence-corrected chi connectivity index (χ4v) is 2.41. The van der Waals surface area contributed by atoms with E-state index >= 15 is 0 Å². The molecule has 3 aromatic rings. The maximum Gasteiger partial charge on any atom is 0.492 e.